The van der Waals surface area contributed by atoms with Crippen molar-refractivity contribution in [3.05, 3.63) is 131 Å². The van der Waals surface area contributed by atoms with Gasteiger partial charge < -0.3 is 9.47 Å². The van der Waals surface area contributed by atoms with Gasteiger partial charge in [0.1, 0.15) is 11.7 Å². The van der Waals surface area contributed by atoms with Crippen LogP contribution in [0.3, 0.4) is 0 Å². The van der Waals surface area contributed by atoms with Gasteiger partial charge in [-0.25, -0.2) is 0 Å². The Labute approximate surface area is 272 Å². The first kappa shape index (κ1) is 33.9. The summed E-state index contributed by atoms with van der Waals surface area (Å²) >= 11 is 2.74. The number of ketones is 3. The highest BCUT2D eigenvalue weighted by atomic mass is 32.2. The first-order chi connectivity index (χ1) is 21.6. The molecule has 0 radical (unpaired) electrons. The van der Waals surface area contributed by atoms with Gasteiger partial charge in [-0.05, 0) is 69.3 Å². The van der Waals surface area contributed by atoms with E-state index in [2.05, 4.69) is 0 Å². The average Bonchev–Trinajstić information content (AvgIpc) is 3.06. The van der Waals surface area contributed by atoms with E-state index in [1.54, 1.807) is 55.5 Å². The molecule has 0 aliphatic rings. The van der Waals surface area contributed by atoms with Gasteiger partial charge in [0.2, 0.25) is 0 Å². The van der Waals surface area contributed by atoms with Crippen LogP contribution in [0.4, 0.5) is 0 Å². The summed E-state index contributed by atoms with van der Waals surface area (Å²) in [7, 11) is 0. The molecule has 0 spiro atoms. The molecule has 0 aliphatic carbocycles. The zero-order valence-corrected chi connectivity index (χ0v) is 27.2. The Kier molecular flexibility index (Phi) is 12.3. The van der Waals surface area contributed by atoms with Crippen molar-refractivity contribution in [3.63, 3.8) is 0 Å². The van der Waals surface area contributed by atoms with E-state index in [4.69, 9.17) is 9.47 Å². The van der Waals surface area contributed by atoms with Crippen LogP contribution in [-0.4, -0.2) is 53.1 Å². The van der Waals surface area contributed by atoms with E-state index >= 15 is 0 Å². The molecule has 0 N–H and O–H groups in total. The Bertz CT molecular complexity index is 1580. The molecule has 232 valence electrons. The summed E-state index contributed by atoms with van der Waals surface area (Å²) in [5.74, 6) is -0.124. The highest BCUT2D eigenvalue weighted by molar-refractivity contribution is 8.00. The molecule has 45 heavy (non-hydrogen) atoms. The van der Waals surface area contributed by atoms with Crippen LogP contribution in [0.1, 0.15) is 59.0 Å². The maximum Gasteiger partial charge on any atom is 0.316 e. The van der Waals surface area contributed by atoms with E-state index in [0.717, 1.165) is 9.79 Å². The van der Waals surface area contributed by atoms with Crippen LogP contribution in [0.5, 0.6) is 0 Å². The lowest BCUT2D eigenvalue weighted by Gasteiger charge is -2.25. The molecule has 8 heteroatoms. The smallest absolute Gasteiger partial charge is 0.316 e. The lowest BCUT2D eigenvalue weighted by molar-refractivity contribution is -0.155. The first-order valence-corrected chi connectivity index (χ1v) is 16.6. The van der Waals surface area contributed by atoms with Gasteiger partial charge in [0.15, 0.2) is 17.3 Å². The number of ether oxygens (including phenoxy) is 2. The minimum absolute atomic E-state index is 0.0409. The molecule has 4 aromatic rings. The minimum Gasteiger partial charge on any atom is -0.459 e. The fourth-order valence-electron chi connectivity index (χ4n) is 4.29. The van der Waals surface area contributed by atoms with Crippen molar-refractivity contribution in [2.45, 2.75) is 48.7 Å². The van der Waals surface area contributed by atoms with E-state index in [0.29, 0.717) is 28.7 Å². The molecule has 4 rings (SSSR count). The van der Waals surface area contributed by atoms with E-state index in [1.165, 1.54) is 23.5 Å². The third-order valence-corrected chi connectivity index (χ3v) is 8.98. The van der Waals surface area contributed by atoms with Gasteiger partial charge in [-0.2, -0.15) is 0 Å². The van der Waals surface area contributed by atoms with E-state index in [9.17, 15) is 19.2 Å². The van der Waals surface area contributed by atoms with Crippen molar-refractivity contribution in [1.82, 2.24) is 0 Å². The second-order valence-electron chi connectivity index (χ2n) is 11.0. The average molecular weight is 641 g/mol. The number of Topliss-reactive ketones (excluding diaryl/α,β-unsaturated/α-hetero) is 1. The fraction of sp³-hybridized carbons (Fsp3) is 0.243. The quantitative estimate of drug-likeness (QED) is 0.0699. The molecule has 0 amide bonds. The van der Waals surface area contributed by atoms with Crippen molar-refractivity contribution in [3.8, 4) is 0 Å². The van der Waals surface area contributed by atoms with Crippen LogP contribution in [0.15, 0.2) is 119 Å². The summed E-state index contributed by atoms with van der Waals surface area (Å²) in [5, 5.41) is 0. The van der Waals surface area contributed by atoms with Crippen molar-refractivity contribution >= 4 is 46.8 Å². The molecule has 4 aromatic carbocycles. The maximum atomic E-state index is 12.7. The molecule has 0 aromatic heterocycles. The topological polar surface area (TPSA) is 86.7 Å². The third kappa shape index (κ3) is 10.6. The van der Waals surface area contributed by atoms with Crippen molar-refractivity contribution in [2.24, 2.45) is 0 Å². The number of hydrogen-bond donors (Lipinski definition) is 0. The van der Waals surface area contributed by atoms with Crippen LogP contribution in [0.2, 0.25) is 0 Å². The summed E-state index contributed by atoms with van der Waals surface area (Å²) in [6.45, 7) is 5.62. The number of carbonyl (C=O) groups excluding carboxylic acids is 4. The second-order valence-corrected chi connectivity index (χ2v) is 13.1. The van der Waals surface area contributed by atoms with Gasteiger partial charge in [0.05, 0.1) is 18.1 Å². The van der Waals surface area contributed by atoms with Crippen LogP contribution in [0, 0.1) is 0 Å². The number of thioether (sulfide) groups is 2. The Balaban J connectivity index is 1.14. The number of hydrogen-bond acceptors (Lipinski definition) is 8. The normalized spacial score (nSPS) is 11.9. The van der Waals surface area contributed by atoms with E-state index < -0.39 is 11.7 Å². The van der Waals surface area contributed by atoms with Crippen LogP contribution >= 0.6 is 23.5 Å². The number of carbonyl (C=O) groups is 4. The lowest BCUT2D eigenvalue weighted by atomic mass is 10.0. The van der Waals surface area contributed by atoms with Crippen LogP contribution < -0.4 is 0 Å². The van der Waals surface area contributed by atoms with E-state index in [1.807, 2.05) is 74.5 Å². The molecule has 0 heterocycles. The Morgan fingerprint density at radius 3 is 1.51 bits per heavy atom. The van der Waals surface area contributed by atoms with Gasteiger partial charge in [-0.1, -0.05) is 60.7 Å². The molecule has 0 bridgehead atoms. The summed E-state index contributed by atoms with van der Waals surface area (Å²) in [4.78, 5) is 52.1. The molecule has 6 nitrogen and oxygen atoms in total. The van der Waals surface area contributed by atoms with Crippen molar-refractivity contribution in [1.29, 1.82) is 0 Å². The van der Waals surface area contributed by atoms with Gasteiger partial charge in [-0.15, -0.1) is 23.5 Å². The SMILES string of the molecule is CC(OCCC(C)(C)OC(=O)CSc1ccc(C(=O)c2ccccc2)cc1)C(=O)CSc1ccc(C(=O)c2ccccc2)cc1. The number of rotatable bonds is 16. The molecule has 0 saturated heterocycles. The highest BCUT2D eigenvalue weighted by Gasteiger charge is 2.24. The number of benzene rings is 4. The predicted octanol–water partition coefficient (Wildman–Crippen LogP) is 7.72. The van der Waals surface area contributed by atoms with Crippen LogP contribution in [0.25, 0.3) is 0 Å². The highest BCUT2D eigenvalue weighted by Crippen LogP contribution is 2.23. The summed E-state index contributed by atoms with van der Waals surface area (Å²) in [5.41, 5.74) is 1.69. The van der Waals surface area contributed by atoms with Crippen LogP contribution in [-0.2, 0) is 19.1 Å². The third-order valence-electron chi connectivity index (χ3n) is 6.96. The van der Waals surface area contributed by atoms with Gasteiger partial charge >= 0.3 is 5.97 Å². The van der Waals surface area contributed by atoms with Gasteiger partial charge in [0.25, 0.3) is 0 Å². The molecule has 0 aliphatic heterocycles. The largest absolute Gasteiger partial charge is 0.459 e. The lowest BCUT2D eigenvalue weighted by Crippen LogP contribution is -2.32. The number of esters is 1. The Morgan fingerprint density at radius 1 is 0.622 bits per heavy atom. The zero-order chi connectivity index (χ0) is 32.2. The Morgan fingerprint density at radius 2 is 1.04 bits per heavy atom. The maximum absolute atomic E-state index is 12.7. The molecular formula is C37H36O6S2. The summed E-state index contributed by atoms with van der Waals surface area (Å²) in [6, 6.07) is 32.6. The first-order valence-electron chi connectivity index (χ1n) is 14.6. The zero-order valence-electron chi connectivity index (χ0n) is 25.6. The summed E-state index contributed by atoms with van der Waals surface area (Å²) in [6.07, 6.45) is -0.170. The predicted molar refractivity (Wildman–Crippen MR) is 179 cm³/mol. The monoisotopic (exact) mass is 640 g/mol. The minimum atomic E-state index is -0.764. The Hall–Kier alpha value is -3.98. The molecule has 1 atom stereocenters. The van der Waals surface area contributed by atoms with Crippen molar-refractivity contribution in [2.75, 3.05) is 18.1 Å². The fourth-order valence-corrected chi connectivity index (χ4v) is 5.84. The van der Waals surface area contributed by atoms with Gasteiger partial charge in [0, 0.05) is 38.5 Å². The van der Waals surface area contributed by atoms with Gasteiger partial charge in [-0.3, -0.25) is 19.2 Å². The van der Waals surface area contributed by atoms with E-state index in [-0.39, 0.29) is 41.4 Å². The van der Waals surface area contributed by atoms with Crippen molar-refractivity contribution < 1.29 is 28.7 Å². The molecular weight excluding hydrogens is 605 g/mol. The molecule has 0 fully saturated rings. The standard InChI is InChI=1S/C37H36O6S2/c1-26(33(38)24-44-31-18-14-29(15-19-31)35(40)27-10-6-4-7-11-27)42-23-22-37(2,3)43-34(39)25-45-32-20-16-30(17-21-32)36(41)28-12-8-5-9-13-28/h4-21,26H,22-25H2,1-3H3. The second kappa shape index (κ2) is 16.4. The molecule has 0 saturated carbocycles. The molecule has 1 unspecified atom stereocenters. The summed E-state index contributed by atoms with van der Waals surface area (Å²) < 4.78 is 11.4.